The predicted octanol–water partition coefficient (Wildman–Crippen LogP) is 3.02. The molecule has 2 aromatic rings. The van der Waals surface area contributed by atoms with Crippen molar-refractivity contribution in [2.45, 2.75) is 4.90 Å². The summed E-state index contributed by atoms with van der Waals surface area (Å²) in [5, 5.41) is 0.325. The molecule has 1 aromatic heterocycles. The molecule has 1 aromatic carbocycles. The number of hydrogen-bond acceptors (Lipinski definition) is 4. The minimum Gasteiger partial charge on any atom is -0.398 e. The van der Waals surface area contributed by atoms with Crippen LogP contribution in [0.5, 0.6) is 0 Å². The zero-order valence-electron chi connectivity index (χ0n) is 9.77. The van der Waals surface area contributed by atoms with Gasteiger partial charge in [0.25, 0.3) is 10.0 Å². The Bertz CT molecular complexity index is 770. The Hall–Kier alpha value is -1.38. The van der Waals surface area contributed by atoms with Crippen LogP contribution >= 0.6 is 27.5 Å². The van der Waals surface area contributed by atoms with Crippen LogP contribution in [0.2, 0.25) is 5.02 Å². The molecule has 0 spiro atoms. The average molecular weight is 381 g/mol. The predicted molar refractivity (Wildman–Crippen MR) is 78.6 cm³/mol. The van der Waals surface area contributed by atoms with Crippen LogP contribution in [0.3, 0.4) is 0 Å². The Morgan fingerprint density at radius 3 is 2.70 bits per heavy atom. The van der Waals surface area contributed by atoms with Gasteiger partial charge >= 0.3 is 0 Å². The molecule has 106 valence electrons. The van der Waals surface area contributed by atoms with Crippen molar-refractivity contribution in [3.63, 3.8) is 0 Å². The van der Waals surface area contributed by atoms with E-state index in [-0.39, 0.29) is 20.9 Å². The first-order valence-electron chi connectivity index (χ1n) is 5.18. The number of anilines is 2. The number of nitrogens with one attached hydrogen (secondary N) is 1. The van der Waals surface area contributed by atoms with Gasteiger partial charge in [-0.15, -0.1) is 0 Å². The van der Waals surface area contributed by atoms with E-state index >= 15 is 0 Å². The molecule has 9 heteroatoms. The highest BCUT2D eigenvalue weighted by atomic mass is 79.9. The standard InChI is InChI=1S/C11H8BrClFN3O2S/c12-7-4-10(9(15)5-8(7)14)20(18,19)17-11-3-6(13)1-2-16-11/h1-5H,15H2,(H,16,17). The highest BCUT2D eigenvalue weighted by Crippen LogP contribution is 2.27. The zero-order chi connectivity index (χ0) is 14.9. The normalized spacial score (nSPS) is 11.3. The highest BCUT2D eigenvalue weighted by molar-refractivity contribution is 9.10. The first-order chi connectivity index (χ1) is 9.29. The number of nitrogens with zero attached hydrogens (tertiary/aromatic N) is 1. The van der Waals surface area contributed by atoms with Crippen LogP contribution in [0, 0.1) is 5.82 Å². The van der Waals surface area contributed by atoms with E-state index in [1.165, 1.54) is 18.3 Å². The van der Waals surface area contributed by atoms with Crippen LogP contribution in [-0.2, 0) is 10.0 Å². The van der Waals surface area contributed by atoms with Gasteiger partial charge in [-0.3, -0.25) is 4.72 Å². The number of pyridine rings is 1. The molecule has 1 heterocycles. The number of benzene rings is 1. The van der Waals surface area contributed by atoms with Crippen molar-refractivity contribution in [2.24, 2.45) is 0 Å². The van der Waals surface area contributed by atoms with E-state index in [1.54, 1.807) is 0 Å². The van der Waals surface area contributed by atoms with Gasteiger partial charge in [0.05, 0.1) is 10.2 Å². The Morgan fingerprint density at radius 1 is 1.35 bits per heavy atom. The number of hydrogen-bond donors (Lipinski definition) is 2. The summed E-state index contributed by atoms with van der Waals surface area (Å²) in [6, 6.07) is 4.84. The van der Waals surface area contributed by atoms with E-state index < -0.39 is 15.8 Å². The molecule has 0 radical (unpaired) electrons. The van der Waals surface area contributed by atoms with Crippen molar-refractivity contribution in [2.75, 3.05) is 10.5 Å². The number of sulfonamides is 1. The second kappa shape index (κ2) is 5.55. The summed E-state index contributed by atoms with van der Waals surface area (Å²) < 4.78 is 39.8. The van der Waals surface area contributed by atoms with Gasteiger partial charge in [0.1, 0.15) is 16.5 Å². The van der Waals surface area contributed by atoms with Crippen molar-refractivity contribution in [1.29, 1.82) is 0 Å². The molecular weight excluding hydrogens is 373 g/mol. The number of rotatable bonds is 3. The summed E-state index contributed by atoms with van der Waals surface area (Å²) in [4.78, 5) is 3.56. The second-order valence-electron chi connectivity index (χ2n) is 3.77. The third-order valence-corrected chi connectivity index (χ3v) is 4.56. The van der Waals surface area contributed by atoms with E-state index in [4.69, 9.17) is 17.3 Å². The first-order valence-corrected chi connectivity index (χ1v) is 7.84. The lowest BCUT2D eigenvalue weighted by atomic mass is 10.3. The molecule has 2 rings (SSSR count). The van der Waals surface area contributed by atoms with Gasteiger partial charge in [-0.05, 0) is 34.1 Å². The Kier molecular flexibility index (Phi) is 4.17. The molecule has 0 fully saturated rings. The number of nitrogen functional groups attached to an aromatic ring is 1. The van der Waals surface area contributed by atoms with Crippen molar-refractivity contribution < 1.29 is 12.8 Å². The largest absolute Gasteiger partial charge is 0.398 e. The minimum atomic E-state index is -3.99. The van der Waals surface area contributed by atoms with Crippen LogP contribution in [0.15, 0.2) is 39.8 Å². The fourth-order valence-electron chi connectivity index (χ4n) is 1.43. The quantitative estimate of drug-likeness (QED) is 0.802. The summed E-state index contributed by atoms with van der Waals surface area (Å²) >= 11 is 8.65. The third kappa shape index (κ3) is 3.20. The lowest BCUT2D eigenvalue weighted by molar-refractivity contribution is 0.599. The molecule has 0 saturated heterocycles. The number of halogens is 3. The van der Waals surface area contributed by atoms with Crippen molar-refractivity contribution in [3.05, 3.63) is 45.8 Å². The lowest BCUT2D eigenvalue weighted by Crippen LogP contribution is -2.16. The van der Waals surface area contributed by atoms with E-state index in [2.05, 4.69) is 25.6 Å². The molecule has 0 amide bonds. The molecule has 0 aliphatic rings. The zero-order valence-corrected chi connectivity index (χ0v) is 12.9. The smallest absolute Gasteiger partial charge is 0.265 e. The van der Waals surface area contributed by atoms with Crippen LogP contribution in [0.1, 0.15) is 0 Å². The highest BCUT2D eigenvalue weighted by Gasteiger charge is 2.20. The molecule has 3 N–H and O–H groups in total. The van der Waals surface area contributed by atoms with Crippen molar-refractivity contribution >= 4 is 49.1 Å². The van der Waals surface area contributed by atoms with Gasteiger partial charge in [-0.1, -0.05) is 11.6 Å². The topological polar surface area (TPSA) is 85.1 Å². The Balaban J connectivity index is 2.43. The summed E-state index contributed by atoms with van der Waals surface area (Å²) in [7, 11) is -3.99. The van der Waals surface area contributed by atoms with Gasteiger partial charge < -0.3 is 5.73 Å². The summed E-state index contributed by atoms with van der Waals surface area (Å²) in [5.74, 6) is -0.611. The number of aromatic nitrogens is 1. The van der Waals surface area contributed by atoms with E-state index in [9.17, 15) is 12.8 Å². The van der Waals surface area contributed by atoms with Gasteiger partial charge in [-0.25, -0.2) is 17.8 Å². The monoisotopic (exact) mass is 379 g/mol. The maximum absolute atomic E-state index is 13.3. The van der Waals surface area contributed by atoms with Crippen molar-refractivity contribution in [1.82, 2.24) is 4.98 Å². The Morgan fingerprint density at radius 2 is 2.05 bits per heavy atom. The van der Waals surface area contributed by atoms with Gasteiger partial charge in [0, 0.05) is 17.3 Å². The van der Waals surface area contributed by atoms with Gasteiger partial charge in [0.15, 0.2) is 0 Å². The second-order valence-corrected chi connectivity index (χ2v) is 6.71. The summed E-state index contributed by atoms with van der Waals surface area (Å²) in [6.45, 7) is 0. The molecule has 0 bridgehead atoms. The fraction of sp³-hybridized carbons (Fsp3) is 0. The average Bonchev–Trinajstić information content (AvgIpc) is 2.33. The van der Waals surface area contributed by atoms with E-state index in [0.717, 1.165) is 12.1 Å². The Labute approximate surface area is 128 Å². The fourth-order valence-corrected chi connectivity index (χ4v) is 3.22. The van der Waals surface area contributed by atoms with Gasteiger partial charge in [-0.2, -0.15) is 0 Å². The van der Waals surface area contributed by atoms with Crippen LogP contribution in [0.4, 0.5) is 15.9 Å². The minimum absolute atomic E-state index is 0.00821. The summed E-state index contributed by atoms with van der Waals surface area (Å²) in [6.07, 6.45) is 1.35. The third-order valence-electron chi connectivity index (χ3n) is 2.30. The molecule has 0 saturated carbocycles. The SMILES string of the molecule is Nc1cc(F)c(Br)cc1S(=O)(=O)Nc1cc(Cl)ccn1. The van der Waals surface area contributed by atoms with E-state index in [0.29, 0.717) is 5.02 Å². The molecule has 0 aliphatic heterocycles. The molecule has 0 unspecified atom stereocenters. The van der Waals surface area contributed by atoms with Crippen LogP contribution < -0.4 is 10.5 Å². The van der Waals surface area contributed by atoms with E-state index in [1.807, 2.05) is 0 Å². The summed E-state index contributed by atoms with van der Waals surface area (Å²) in [5.41, 5.74) is 5.33. The van der Waals surface area contributed by atoms with Crippen LogP contribution in [0.25, 0.3) is 0 Å². The van der Waals surface area contributed by atoms with Gasteiger partial charge in [0.2, 0.25) is 0 Å². The van der Waals surface area contributed by atoms with Crippen molar-refractivity contribution in [3.8, 4) is 0 Å². The number of nitrogens with two attached hydrogens (primary N) is 1. The molecule has 0 aliphatic carbocycles. The first kappa shape index (κ1) is 15.0. The molecule has 20 heavy (non-hydrogen) atoms. The maximum Gasteiger partial charge on any atom is 0.265 e. The lowest BCUT2D eigenvalue weighted by Gasteiger charge is -2.10. The molecule has 0 atom stereocenters. The molecular formula is C11H8BrClFN3O2S. The van der Waals surface area contributed by atoms with Crippen LogP contribution in [-0.4, -0.2) is 13.4 Å². The molecule has 5 nitrogen and oxygen atoms in total. The maximum atomic E-state index is 13.3.